The van der Waals surface area contributed by atoms with Crippen LogP contribution in [0.1, 0.15) is 11.1 Å². The molecule has 1 aromatic carbocycles. The SMILES string of the molecule is Cc1cnc(=O)n(Cc2ccc(Br)c(N)c2)c1. The van der Waals surface area contributed by atoms with Crippen LogP contribution in [0.15, 0.2) is 39.9 Å². The Kier molecular flexibility index (Phi) is 3.28. The summed E-state index contributed by atoms with van der Waals surface area (Å²) in [7, 11) is 0. The fourth-order valence-corrected chi connectivity index (χ4v) is 1.81. The van der Waals surface area contributed by atoms with Crippen molar-refractivity contribution in [1.82, 2.24) is 9.55 Å². The molecule has 0 fully saturated rings. The molecule has 88 valence electrons. The average Bonchev–Trinajstić information content (AvgIpc) is 2.29. The fraction of sp³-hybridized carbons (Fsp3) is 0.167. The van der Waals surface area contributed by atoms with Crippen LogP contribution in [0.4, 0.5) is 5.69 Å². The molecule has 0 bridgehead atoms. The van der Waals surface area contributed by atoms with Crippen LogP contribution >= 0.6 is 15.9 Å². The van der Waals surface area contributed by atoms with Crippen molar-refractivity contribution < 1.29 is 0 Å². The van der Waals surface area contributed by atoms with E-state index in [1.54, 1.807) is 17.0 Å². The van der Waals surface area contributed by atoms with E-state index in [1.807, 2.05) is 25.1 Å². The molecule has 1 aromatic heterocycles. The number of anilines is 1. The smallest absolute Gasteiger partial charge is 0.347 e. The number of hydrogen-bond donors (Lipinski definition) is 1. The maximum atomic E-state index is 11.5. The highest BCUT2D eigenvalue weighted by Crippen LogP contribution is 2.20. The molecule has 1 heterocycles. The van der Waals surface area contributed by atoms with Crippen molar-refractivity contribution in [2.24, 2.45) is 0 Å². The van der Waals surface area contributed by atoms with Crippen LogP contribution in [0.3, 0.4) is 0 Å². The molecule has 2 rings (SSSR count). The predicted molar refractivity (Wildman–Crippen MR) is 70.9 cm³/mol. The second-order valence-corrected chi connectivity index (χ2v) is 4.75. The number of aromatic nitrogens is 2. The highest BCUT2D eigenvalue weighted by molar-refractivity contribution is 9.10. The molecule has 0 spiro atoms. The Morgan fingerprint density at radius 3 is 2.94 bits per heavy atom. The zero-order valence-electron chi connectivity index (χ0n) is 9.35. The van der Waals surface area contributed by atoms with Crippen LogP contribution in [0.25, 0.3) is 0 Å². The van der Waals surface area contributed by atoms with Gasteiger partial charge in [-0.1, -0.05) is 6.07 Å². The lowest BCUT2D eigenvalue weighted by molar-refractivity contribution is 0.721. The summed E-state index contributed by atoms with van der Waals surface area (Å²) in [5.41, 5.74) is 8.13. The summed E-state index contributed by atoms with van der Waals surface area (Å²) in [4.78, 5) is 15.3. The Morgan fingerprint density at radius 1 is 1.47 bits per heavy atom. The summed E-state index contributed by atoms with van der Waals surface area (Å²) in [6, 6.07) is 5.65. The van der Waals surface area contributed by atoms with Crippen molar-refractivity contribution in [1.29, 1.82) is 0 Å². The van der Waals surface area contributed by atoms with Gasteiger partial charge in [0.15, 0.2) is 0 Å². The number of halogens is 1. The number of nitrogen functional groups attached to an aromatic ring is 1. The van der Waals surface area contributed by atoms with Gasteiger partial charge in [-0.05, 0) is 46.1 Å². The van der Waals surface area contributed by atoms with Gasteiger partial charge in [-0.2, -0.15) is 0 Å². The molecule has 0 saturated carbocycles. The van der Waals surface area contributed by atoms with Gasteiger partial charge < -0.3 is 5.73 Å². The van der Waals surface area contributed by atoms with Gasteiger partial charge in [-0.3, -0.25) is 4.57 Å². The Morgan fingerprint density at radius 2 is 2.24 bits per heavy atom. The maximum Gasteiger partial charge on any atom is 0.347 e. The summed E-state index contributed by atoms with van der Waals surface area (Å²) >= 11 is 3.33. The molecule has 2 N–H and O–H groups in total. The van der Waals surface area contributed by atoms with Gasteiger partial charge in [0.25, 0.3) is 0 Å². The molecule has 0 radical (unpaired) electrons. The van der Waals surface area contributed by atoms with E-state index in [-0.39, 0.29) is 5.69 Å². The largest absolute Gasteiger partial charge is 0.398 e. The molecule has 5 heteroatoms. The van der Waals surface area contributed by atoms with Crippen molar-refractivity contribution in [2.75, 3.05) is 5.73 Å². The Hall–Kier alpha value is -1.62. The second kappa shape index (κ2) is 4.71. The van der Waals surface area contributed by atoms with Crippen molar-refractivity contribution in [3.63, 3.8) is 0 Å². The average molecular weight is 294 g/mol. The van der Waals surface area contributed by atoms with Gasteiger partial charge in [0, 0.05) is 22.6 Å². The van der Waals surface area contributed by atoms with Gasteiger partial charge in [-0.25, -0.2) is 9.78 Å². The van der Waals surface area contributed by atoms with Crippen LogP contribution < -0.4 is 11.4 Å². The molecule has 0 saturated heterocycles. The lowest BCUT2D eigenvalue weighted by atomic mass is 10.2. The van der Waals surface area contributed by atoms with E-state index in [9.17, 15) is 4.79 Å². The summed E-state index contributed by atoms with van der Waals surface area (Å²) in [5.74, 6) is 0. The van der Waals surface area contributed by atoms with Gasteiger partial charge >= 0.3 is 5.69 Å². The number of hydrogen-bond acceptors (Lipinski definition) is 3. The summed E-state index contributed by atoms with van der Waals surface area (Å²) in [5, 5.41) is 0. The van der Waals surface area contributed by atoms with Crippen LogP contribution in [0.5, 0.6) is 0 Å². The van der Waals surface area contributed by atoms with E-state index in [2.05, 4.69) is 20.9 Å². The zero-order chi connectivity index (χ0) is 12.4. The molecule has 0 aliphatic carbocycles. The number of nitrogens with two attached hydrogens (primary N) is 1. The Bertz CT molecular complexity index is 607. The van der Waals surface area contributed by atoms with E-state index in [4.69, 9.17) is 5.73 Å². The van der Waals surface area contributed by atoms with E-state index in [0.717, 1.165) is 15.6 Å². The van der Waals surface area contributed by atoms with E-state index in [0.29, 0.717) is 12.2 Å². The fourth-order valence-electron chi connectivity index (χ4n) is 1.57. The number of aryl methyl sites for hydroxylation is 1. The zero-order valence-corrected chi connectivity index (χ0v) is 10.9. The van der Waals surface area contributed by atoms with Crippen LogP contribution in [-0.2, 0) is 6.54 Å². The molecule has 0 unspecified atom stereocenters. The van der Waals surface area contributed by atoms with E-state index >= 15 is 0 Å². The summed E-state index contributed by atoms with van der Waals surface area (Å²) in [6.45, 7) is 2.38. The number of nitrogens with zero attached hydrogens (tertiary/aromatic N) is 2. The first-order valence-corrected chi connectivity index (χ1v) is 5.92. The maximum absolute atomic E-state index is 11.5. The van der Waals surface area contributed by atoms with Crippen LogP contribution in [0.2, 0.25) is 0 Å². The normalized spacial score (nSPS) is 10.5. The molecule has 0 amide bonds. The molecular formula is C12H12BrN3O. The van der Waals surface area contributed by atoms with Crippen LogP contribution in [-0.4, -0.2) is 9.55 Å². The topological polar surface area (TPSA) is 60.9 Å². The minimum Gasteiger partial charge on any atom is -0.398 e. The molecule has 4 nitrogen and oxygen atoms in total. The second-order valence-electron chi connectivity index (χ2n) is 3.90. The summed E-state index contributed by atoms with van der Waals surface area (Å²) < 4.78 is 2.42. The van der Waals surface area contributed by atoms with Crippen molar-refractivity contribution >= 4 is 21.6 Å². The van der Waals surface area contributed by atoms with Gasteiger partial charge in [-0.15, -0.1) is 0 Å². The molecule has 0 atom stereocenters. The Labute approximate surface area is 107 Å². The molecule has 0 aliphatic heterocycles. The Balaban J connectivity index is 2.34. The van der Waals surface area contributed by atoms with Crippen molar-refractivity contribution in [3.8, 4) is 0 Å². The standard InChI is InChI=1S/C12H12BrN3O/c1-8-5-15-12(17)16(6-8)7-9-2-3-10(13)11(14)4-9/h2-6H,7,14H2,1H3. The first-order valence-electron chi connectivity index (χ1n) is 5.13. The van der Waals surface area contributed by atoms with Crippen molar-refractivity contribution in [3.05, 3.63) is 56.7 Å². The molecule has 17 heavy (non-hydrogen) atoms. The third-order valence-electron chi connectivity index (χ3n) is 2.40. The van der Waals surface area contributed by atoms with Crippen molar-refractivity contribution in [2.45, 2.75) is 13.5 Å². The van der Waals surface area contributed by atoms with E-state index in [1.165, 1.54) is 0 Å². The highest BCUT2D eigenvalue weighted by atomic mass is 79.9. The van der Waals surface area contributed by atoms with Gasteiger partial charge in [0.1, 0.15) is 0 Å². The lowest BCUT2D eigenvalue weighted by Gasteiger charge is -2.07. The molecular weight excluding hydrogens is 282 g/mol. The first-order chi connectivity index (χ1) is 8.06. The molecule has 0 aliphatic rings. The first kappa shape index (κ1) is 11.9. The quantitative estimate of drug-likeness (QED) is 0.861. The number of rotatable bonds is 2. The monoisotopic (exact) mass is 293 g/mol. The van der Waals surface area contributed by atoms with Gasteiger partial charge in [0.2, 0.25) is 0 Å². The van der Waals surface area contributed by atoms with Gasteiger partial charge in [0.05, 0.1) is 6.54 Å². The lowest BCUT2D eigenvalue weighted by Crippen LogP contribution is -2.22. The number of benzene rings is 1. The minimum absolute atomic E-state index is 0.253. The third kappa shape index (κ3) is 2.74. The molecule has 2 aromatic rings. The predicted octanol–water partition coefficient (Wildman–Crippen LogP) is 1.94. The minimum atomic E-state index is -0.253. The summed E-state index contributed by atoms with van der Waals surface area (Å²) in [6.07, 6.45) is 3.35. The third-order valence-corrected chi connectivity index (χ3v) is 3.12. The highest BCUT2D eigenvalue weighted by Gasteiger charge is 2.01. The van der Waals surface area contributed by atoms with E-state index < -0.39 is 0 Å². The van der Waals surface area contributed by atoms with Crippen LogP contribution in [0, 0.1) is 6.92 Å².